The summed E-state index contributed by atoms with van der Waals surface area (Å²) in [5, 5.41) is 3.61. The van der Waals surface area contributed by atoms with Crippen LogP contribution in [0.2, 0.25) is 5.02 Å². The van der Waals surface area contributed by atoms with Gasteiger partial charge in [0.2, 0.25) is 5.91 Å². The van der Waals surface area contributed by atoms with E-state index in [0.717, 1.165) is 12.1 Å². The Hall–Kier alpha value is -2.64. The van der Waals surface area contributed by atoms with E-state index in [4.69, 9.17) is 16.3 Å². The van der Waals surface area contributed by atoms with Crippen LogP contribution in [0, 0.1) is 11.7 Å². The number of carbonyl (C=O) groups is 2. The lowest BCUT2D eigenvalue weighted by atomic mass is 9.96. The fourth-order valence-corrected chi connectivity index (χ4v) is 4.40. The number of amides is 2. The van der Waals surface area contributed by atoms with E-state index < -0.39 is 0 Å². The molecule has 31 heavy (non-hydrogen) atoms. The second-order valence-corrected chi connectivity index (χ2v) is 8.23. The number of ether oxygens (including phenoxy) is 1. The summed E-state index contributed by atoms with van der Waals surface area (Å²) in [5.41, 5.74) is 1.89. The zero-order valence-electron chi connectivity index (χ0n) is 17.2. The van der Waals surface area contributed by atoms with Crippen LogP contribution in [0.3, 0.4) is 0 Å². The van der Waals surface area contributed by atoms with Crippen molar-refractivity contribution in [1.82, 2.24) is 4.90 Å². The molecular weight excluding hydrogens is 421 g/mol. The van der Waals surface area contributed by atoms with Gasteiger partial charge >= 0.3 is 0 Å². The van der Waals surface area contributed by atoms with Crippen LogP contribution >= 0.6 is 11.6 Å². The summed E-state index contributed by atoms with van der Waals surface area (Å²) in [6, 6.07) is 11.0. The Morgan fingerprint density at radius 3 is 2.55 bits per heavy atom. The fourth-order valence-electron chi connectivity index (χ4n) is 4.11. The monoisotopic (exact) mass is 445 g/mol. The van der Waals surface area contributed by atoms with Crippen molar-refractivity contribution >= 4 is 34.8 Å². The van der Waals surface area contributed by atoms with Crippen molar-refractivity contribution in [2.24, 2.45) is 5.92 Å². The fraction of sp³-hybridized carbons (Fsp3) is 0.391. The zero-order chi connectivity index (χ0) is 21.8. The lowest BCUT2D eigenvalue weighted by Gasteiger charge is -2.33. The highest BCUT2D eigenvalue weighted by Gasteiger charge is 2.30. The van der Waals surface area contributed by atoms with Gasteiger partial charge in [-0.15, -0.1) is 0 Å². The molecule has 2 fully saturated rings. The van der Waals surface area contributed by atoms with Crippen LogP contribution in [0.15, 0.2) is 42.5 Å². The van der Waals surface area contributed by atoms with Crippen molar-refractivity contribution in [3.05, 3.63) is 58.9 Å². The molecule has 1 atom stereocenters. The molecule has 0 aromatic heterocycles. The molecular formula is C23H25ClFN3O3. The SMILES string of the molecule is O=C(Nc1cccc(Cl)c1N1CCOCC1)C1CCCN(C(=O)c2ccc(F)cc2)C1. The molecule has 4 rings (SSSR count). The maximum absolute atomic E-state index is 13.2. The molecule has 0 spiro atoms. The first kappa shape index (κ1) is 21.6. The van der Waals surface area contributed by atoms with Crippen LogP contribution in [0.1, 0.15) is 23.2 Å². The molecule has 1 unspecified atom stereocenters. The maximum atomic E-state index is 13.2. The molecule has 2 aromatic carbocycles. The number of morpholine rings is 1. The quantitative estimate of drug-likeness (QED) is 0.777. The van der Waals surface area contributed by atoms with Crippen LogP contribution in [0.25, 0.3) is 0 Å². The van der Waals surface area contributed by atoms with Crippen molar-refractivity contribution < 1.29 is 18.7 Å². The number of nitrogens with one attached hydrogen (secondary N) is 1. The lowest BCUT2D eigenvalue weighted by molar-refractivity contribution is -0.121. The van der Waals surface area contributed by atoms with Gasteiger partial charge in [0.15, 0.2) is 0 Å². The van der Waals surface area contributed by atoms with Crippen molar-refractivity contribution in [3.8, 4) is 0 Å². The van der Waals surface area contributed by atoms with Crippen LogP contribution in [-0.2, 0) is 9.53 Å². The Balaban J connectivity index is 1.46. The first-order valence-electron chi connectivity index (χ1n) is 10.5. The van der Waals surface area contributed by atoms with E-state index >= 15 is 0 Å². The average Bonchev–Trinajstić information content (AvgIpc) is 2.80. The largest absolute Gasteiger partial charge is 0.378 e. The van der Waals surface area contributed by atoms with E-state index in [1.54, 1.807) is 4.90 Å². The molecule has 0 aliphatic carbocycles. The summed E-state index contributed by atoms with van der Waals surface area (Å²) >= 11 is 6.46. The Labute approximate surface area is 185 Å². The van der Waals surface area contributed by atoms with Crippen LogP contribution < -0.4 is 10.2 Å². The molecule has 1 N–H and O–H groups in total. The van der Waals surface area contributed by atoms with Gasteiger partial charge in [0.05, 0.1) is 35.5 Å². The molecule has 2 aromatic rings. The van der Waals surface area contributed by atoms with Gasteiger partial charge in [-0.3, -0.25) is 9.59 Å². The van der Waals surface area contributed by atoms with E-state index in [-0.39, 0.29) is 23.5 Å². The number of nitrogens with zero attached hydrogens (tertiary/aromatic N) is 2. The van der Waals surface area contributed by atoms with E-state index in [9.17, 15) is 14.0 Å². The van der Waals surface area contributed by atoms with Gasteiger partial charge in [0.1, 0.15) is 5.82 Å². The summed E-state index contributed by atoms with van der Waals surface area (Å²) in [5.74, 6) is -1.03. The molecule has 0 saturated carbocycles. The summed E-state index contributed by atoms with van der Waals surface area (Å²) in [6.07, 6.45) is 1.43. The van der Waals surface area contributed by atoms with Crippen molar-refractivity contribution in [3.63, 3.8) is 0 Å². The van der Waals surface area contributed by atoms with E-state index in [0.29, 0.717) is 62.1 Å². The number of anilines is 2. The van der Waals surface area contributed by atoms with Crippen molar-refractivity contribution in [2.75, 3.05) is 49.6 Å². The van der Waals surface area contributed by atoms with Gasteiger partial charge in [-0.2, -0.15) is 0 Å². The highest BCUT2D eigenvalue weighted by molar-refractivity contribution is 6.34. The standard InChI is InChI=1S/C23H25ClFN3O3/c24-19-4-1-5-20(21(19)27-11-13-31-14-12-27)26-22(29)17-3-2-10-28(15-17)23(30)16-6-8-18(25)9-7-16/h1,4-9,17H,2-3,10-15H2,(H,26,29). The molecule has 164 valence electrons. The smallest absolute Gasteiger partial charge is 0.253 e. The maximum Gasteiger partial charge on any atom is 0.253 e. The zero-order valence-corrected chi connectivity index (χ0v) is 17.9. The molecule has 2 heterocycles. The number of hydrogen-bond acceptors (Lipinski definition) is 4. The molecule has 6 nitrogen and oxygen atoms in total. The molecule has 0 bridgehead atoms. The number of carbonyl (C=O) groups excluding carboxylic acids is 2. The minimum atomic E-state index is -0.384. The minimum Gasteiger partial charge on any atom is -0.378 e. The first-order valence-corrected chi connectivity index (χ1v) is 10.9. The summed E-state index contributed by atoms with van der Waals surface area (Å²) in [4.78, 5) is 29.6. The number of rotatable bonds is 4. The predicted molar refractivity (Wildman–Crippen MR) is 118 cm³/mol. The van der Waals surface area contributed by atoms with Gasteiger partial charge in [0.25, 0.3) is 5.91 Å². The molecule has 2 aliphatic heterocycles. The highest BCUT2D eigenvalue weighted by Crippen LogP contribution is 2.35. The second-order valence-electron chi connectivity index (χ2n) is 7.82. The number of benzene rings is 2. The van der Waals surface area contributed by atoms with E-state index in [2.05, 4.69) is 10.2 Å². The summed E-state index contributed by atoms with van der Waals surface area (Å²) in [7, 11) is 0. The number of halogens is 2. The third-order valence-corrected chi connectivity index (χ3v) is 6.05. The Kier molecular flexibility index (Phi) is 6.73. The average molecular weight is 446 g/mol. The van der Waals surface area contributed by atoms with E-state index in [1.165, 1.54) is 24.3 Å². The number of para-hydroxylation sites is 1. The van der Waals surface area contributed by atoms with Crippen LogP contribution in [-0.4, -0.2) is 56.1 Å². The normalized spacial score (nSPS) is 19.2. The number of likely N-dealkylation sites (tertiary alicyclic amines) is 1. The Morgan fingerprint density at radius 2 is 1.81 bits per heavy atom. The van der Waals surface area contributed by atoms with Crippen molar-refractivity contribution in [2.45, 2.75) is 12.8 Å². The van der Waals surface area contributed by atoms with E-state index in [1.807, 2.05) is 18.2 Å². The topological polar surface area (TPSA) is 61.9 Å². The summed E-state index contributed by atoms with van der Waals surface area (Å²) < 4.78 is 18.6. The van der Waals surface area contributed by atoms with Crippen LogP contribution in [0.4, 0.5) is 15.8 Å². The first-order chi connectivity index (χ1) is 15.0. The molecule has 2 amide bonds. The second kappa shape index (κ2) is 9.66. The predicted octanol–water partition coefficient (Wildman–Crippen LogP) is 3.81. The van der Waals surface area contributed by atoms with Gasteiger partial charge < -0.3 is 19.9 Å². The van der Waals surface area contributed by atoms with Crippen molar-refractivity contribution in [1.29, 1.82) is 0 Å². The van der Waals surface area contributed by atoms with Crippen LogP contribution in [0.5, 0.6) is 0 Å². The Morgan fingerprint density at radius 1 is 1.06 bits per heavy atom. The highest BCUT2D eigenvalue weighted by atomic mass is 35.5. The molecule has 0 radical (unpaired) electrons. The number of hydrogen-bond donors (Lipinski definition) is 1. The lowest BCUT2D eigenvalue weighted by Crippen LogP contribution is -2.44. The summed E-state index contributed by atoms with van der Waals surface area (Å²) in [6.45, 7) is 3.54. The van der Waals surface area contributed by atoms with Gasteiger partial charge in [0, 0.05) is 31.7 Å². The molecule has 2 aliphatic rings. The van der Waals surface area contributed by atoms with Gasteiger partial charge in [-0.25, -0.2) is 4.39 Å². The third kappa shape index (κ3) is 4.99. The molecule has 2 saturated heterocycles. The van der Waals surface area contributed by atoms with Gasteiger partial charge in [-0.1, -0.05) is 17.7 Å². The third-order valence-electron chi connectivity index (χ3n) is 5.74. The van der Waals surface area contributed by atoms with Gasteiger partial charge in [-0.05, 0) is 49.2 Å². The number of piperidine rings is 1. The minimum absolute atomic E-state index is 0.131. The Bertz CT molecular complexity index is 948. The molecule has 8 heteroatoms.